The van der Waals surface area contributed by atoms with Crippen LogP contribution in [0.15, 0.2) is 24.3 Å². The average Bonchev–Trinajstić information content (AvgIpc) is 2.62. The first-order chi connectivity index (χ1) is 6.81. The van der Waals surface area contributed by atoms with Crippen molar-refractivity contribution in [1.29, 1.82) is 0 Å². The molecule has 74 valence electrons. The van der Waals surface area contributed by atoms with Gasteiger partial charge >= 0.3 is 0 Å². The van der Waals surface area contributed by atoms with Gasteiger partial charge in [0.2, 0.25) is 5.91 Å². The Bertz CT molecular complexity index is 349. The number of benzene rings is 1. The number of amides is 1. The Hall–Kier alpha value is -1.35. The summed E-state index contributed by atoms with van der Waals surface area (Å²) in [7, 11) is 0. The van der Waals surface area contributed by atoms with Gasteiger partial charge in [-0.15, -0.1) is 0 Å². The number of nitrogens with one attached hydrogen (secondary N) is 1. The van der Waals surface area contributed by atoms with Crippen LogP contribution in [0.5, 0.6) is 0 Å². The van der Waals surface area contributed by atoms with Crippen molar-refractivity contribution < 1.29 is 4.79 Å². The van der Waals surface area contributed by atoms with Crippen molar-refractivity contribution in [2.75, 3.05) is 6.54 Å². The highest BCUT2D eigenvalue weighted by Gasteiger charge is 2.22. The lowest BCUT2D eigenvalue weighted by Crippen LogP contribution is -2.32. The fourth-order valence-electron chi connectivity index (χ4n) is 1.96. The van der Waals surface area contributed by atoms with Gasteiger partial charge in [0.1, 0.15) is 0 Å². The second-order valence-corrected chi connectivity index (χ2v) is 3.56. The van der Waals surface area contributed by atoms with Crippen molar-refractivity contribution in [3.05, 3.63) is 35.4 Å². The van der Waals surface area contributed by atoms with Gasteiger partial charge in [-0.25, -0.2) is 0 Å². The van der Waals surface area contributed by atoms with Crippen LogP contribution in [0.3, 0.4) is 0 Å². The minimum absolute atomic E-state index is 0.0681. The number of nitrogens with two attached hydrogens (primary N) is 1. The summed E-state index contributed by atoms with van der Waals surface area (Å²) in [6.45, 7) is 0.0681. The number of hydrogen-bond acceptors (Lipinski definition) is 2. The molecule has 0 saturated carbocycles. The predicted octanol–water partition coefficient (Wildman–Crippen LogP) is 0.749. The van der Waals surface area contributed by atoms with Gasteiger partial charge in [-0.2, -0.15) is 0 Å². The van der Waals surface area contributed by atoms with Gasteiger partial charge in [-0.3, -0.25) is 4.79 Å². The van der Waals surface area contributed by atoms with Crippen LogP contribution in [0.4, 0.5) is 0 Å². The molecule has 1 aromatic rings. The quantitative estimate of drug-likeness (QED) is 0.723. The Morgan fingerprint density at radius 2 is 2.29 bits per heavy atom. The lowest BCUT2D eigenvalue weighted by molar-refractivity contribution is -0.120. The van der Waals surface area contributed by atoms with E-state index in [-0.39, 0.29) is 18.5 Å². The fraction of sp³-hybridized carbons (Fsp3) is 0.364. The molecule has 3 N–H and O–H groups in total. The van der Waals surface area contributed by atoms with Crippen LogP contribution < -0.4 is 11.1 Å². The van der Waals surface area contributed by atoms with E-state index in [4.69, 9.17) is 5.73 Å². The zero-order chi connectivity index (χ0) is 9.97. The Labute approximate surface area is 83.3 Å². The minimum atomic E-state index is -0.0771. The molecule has 1 aromatic carbocycles. The second kappa shape index (κ2) is 3.80. The number of rotatable bonds is 2. The SMILES string of the molecule is NCC(=O)N[C@@H]1CCc2ccccc21. The molecule has 14 heavy (non-hydrogen) atoms. The number of carbonyl (C=O) groups excluding carboxylic acids is 1. The van der Waals surface area contributed by atoms with E-state index in [1.807, 2.05) is 12.1 Å². The largest absolute Gasteiger partial charge is 0.348 e. The summed E-state index contributed by atoms with van der Waals surface area (Å²) < 4.78 is 0. The summed E-state index contributed by atoms with van der Waals surface area (Å²) in [4.78, 5) is 11.1. The smallest absolute Gasteiger partial charge is 0.234 e. The molecule has 3 heteroatoms. The number of aryl methyl sites for hydroxylation is 1. The van der Waals surface area contributed by atoms with Crippen LogP contribution in [-0.2, 0) is 11.2 Å². The molecule has 1 amide bonds. The predicted molar refractivity (Wildman–Crippen MR) is 54.7 cm³/mol. The van der Waals surface area contributed by atoms with Crippen LogP contribution in [0.25, 0.3) is 0 Å². The van der Waals surface area contributed by atoms with Gasteiger partial charge < -0.3 is 11.1 Å². The molecule has 1 atom stereocenters. The van der Waals surface area contributed by atoms with E-state index >= 15 is 0 Å². The number of carbonyl (C=O) groups is 1. The van der Waals surface area contributed by atoms with E-state index in [1.165, 1.54) is 11.1 Å². The zero-order valence-corrected chi connectivity index (χ0v) is 7.99. The van der Waals surface area contributed by atoms with Crippen LogP contribution in [0, 0.1) is 0 Å². The molecule has 1 aliphatic rings. The summed E-state index contributed by atoms with van der Waals surface area (Å²) in [5.74, 6) is -0.0771. The van der Waals surface area contributed by atoms with Crippen LogP contribution in [0.1, 0.15) is 23.6 Å². The molecular formula is C11H14N2O. The first-order valence-corrected chi connectivity index (χ1v) is 4.88. The highest BCUT2D eigenvalue weighted by atomic mass is 16.1. The van der Waals surface area contributed by atoms with Crippen LogP contribution >= 0.6 is 0 Å². The highest BCUT2D eigenvalue weighted by molar-refractivity contribution is 5.78. The van der Waals surface area contributed by atoms with Gasteiger partial charge in [0, 0.05) is 0 Å². The molecule has 0 spiro atoms. The van der Waals surface area contributed by atoms with Gasteiger partial charge in [0.25, 0.3) is 0 Å². The molecule has 3 nitrogen and oxygen atoms in total. The Balaban J connectivity index is 2.14. The maximum Gasteiger partial charge on any atom is 0.234 e. The number of hydrogen-bond donors (Lipinski definition) is 2. The van der Waals surface area contributed by atoms with Crippen molar-refractivity contribution >= 4 is 5.91 Å². The lowest BCUT2D eigenvalue weighted by atomic mass is 10.1. The van der Waals surface area contributed by atoms with Crippen molar-refractivity contribution in [3.8, 4) is 0 Å². The summed E-state index contributed by atoms with van der Waals surface area (Å²) in [6, 6.07) is 8.40. The van der Waals surface area contributed by atoms with Crippen molar-refractivity contribution in [2.45, 2.75) is 18.9 Å². The third kappa shape index (κ3) is 1.63. The Morgan fingerprint density at radius 1 is 1.50 bits per heavy atom. The summed E-state index contributed by atoms with van der Waals surface area (Å²) in [5, 5.41) is 2.92. The maximum absolute atomic E-state index is 11.1. The molecule has 0 radical (unpaired) electrons. The molecule has 0 bridgehead atoms. The molecule has 0 heterocycles. The van der Waals surface area contributed by atoms with E-state index in [2.05, 4.69) is 17.4 Å². The Kier molecular flexibility index (Phi) is 2.50. The van der Waals surface area contributed by atoms with Gasteiger partial charge in [-0.05, 0) is 24.0 Å². The summed E-state index contributed by atoms with van der Waals surface area (Å²) in [6.07, 6.45) is 2.04. The third-order valence-corrected chi connectivity index (χ3v) is 2.65. The monoisotopic (exact) mass is 190 g/mol. The summed E-state index contributed by atoms with van der Waals surface area (Å²) in [5.41, 5.74) is 7.85. The Morgan fingerprint density at radius 3 is 3.07 bits per heavy atom. The molecule has 0 aliphatic heterocycles. The van der Waals surface area contributed by atoms with Gasteiger partial charge in [-0.1, -0.05) is 24.3 Å². The third-order valence-electron chi connectivity index (χ3n) is 2.65. The van der Waals surface area contributed by atoms with Crippen LogP contribution in [0.2, 0.25) is 0 Å². The molecule has 0 fully saturated rings. The molecule has 0 unspecified atom stereocenters. The van der Waals surface area contributed by atoms with E-state index < -0.39 is 0 Å². The topological polar surface area (TPSA) is 55.1 Å². The van der Waals surface area contributed by atoms with Crippen molar-refractivity contribution in [3.63, 3.8) is 0 Å². The fourth-order valence-corrected chi connectivity index (χ4v) is 1.96. The highest BCUT2D eigenvalue weighted by Crippen LogP contribution is 2.30. The molecular weight excluding hydrogens is 176 g/mol. The first-order valence-electron chi connectivity index (χ1n) is 4.88. The molecule has 2 rings (SSSR count). The second-order valence-electron chi connectivity index (χ2n) is 3.56. The molecule has 1 aliphatic carbocycles. The lowest BCUT2D eigenvalue weighted by Gasteiger charge is -2.12. The normalized spacial score (nSPS) is 19.1. The van der Waals surface area contributed by atoms with Crippen molar-refractivity contribution in [1.82, 2.24) is 5.32 Å². The van der Waals surface area contributed by atoms with Crippen LogP contribution in [-0.4, -0.2) is 12.5 Å². The van der Waals surface area contributed by atoms with Gasteiger partial charge in [0.15, 0.2) is 0 Å². The van der Waals surface area contributed by atoms with Crippen molar-refractivity contribution in [2.24, 2.45) is 5.73 Å². The van der Waals surface area contributed by atoms with E-state index in [1.54, 1.807) is 0 Å². The van der Waals surface area contributed by atoms with E-state index in [9.17, 15) is 4.79 Å². The summed E-state index contributed by atoms with van der Waals surface area (Å²) >= 11 is 0. The standard InChI is InChI=1S/C11H14N2O/c12-7-11(14)13-10-6-5-8-3-1-2-4-9(8)10/h1-4,10H,5-7,12H2,(H,13,14)/t10-/m1/s1. The molecule has 0 saturated heterocycles. The van der Waals surface area contributed by atoms with E-state index in [0.717, 1.165) is 12.8 Å². The zero-order valence-electron chi connectivity index (χ0n) is 7.99. The minimum Gasteiger partial charge on any atom is -0.348 e. The maximum atomic E-state index is 11.1. The first kappa shape index (κ1) is 9.21. The van der Waals surface area contributed by atoms with E-state index in [0.29, 0.717) is 0 Å². The molecule has 0 aromatic heterocycles. The van der Waals surface area contributed by atoms with Gasteiger partial charge in [0.05, 0.1) is 12.6 Å². The number of fused-ring (bicyclic) bond motifs is 1. The average molecular weight is 190 g/mol.